The number of ether oxygens (including phenoxy) is 5. The smallest absolute Gasteiger partial charge is 0.329 e. The van der Waals surface area contributed by atoms with E-state index >= 15 is 0 Å². The van der Waals surface area contributed by atoms with Gasteiger partial charge in [-0.05, 0) is 118 Å². The summed E-state index contributed by atoms with van der Waals surface area (Å²) in [6.45, 7) is 9.04. The molecule has 1 amide bonds. The van der Waals surface area contributed by atoms with Gasteiger partial charge in [0.05, 0.1) is 28.5 Å². The molecule has 14 nitrogen and oxygen atoms in total. The van der Waals surface area contributed by atoms with Gasteiger partial charge in [-0.15, -0.1) is 0 Å². The number of ketones is 2. The minimum absolute atomic E-state index is 0.0482. The Morgan fingerprint density at radius 2 is 1.74 bits per heavy atom. The number of amides is 1. The topological polar surface area (TPSA) is 184 Å². The van der Waals surface area contributed by atoms with Gasteiger partial charge < -0.3 is 43.3 Å². The molecule has 0 aromatic rings. The summed E-state index contributed by atoms with van der Waals surface area (Å²) in [5, 5.41) is 23.9. The number of carbonyl (C=O) groups excluding carboxylic acids is 4. The average Bonchev–Trinajstić information content (AvgIpc) is 3.34. The fourth-order valence-corrected chi connectivity index (χ4v) is 10.7. The Hall–Kier alpha value is -3.07. The molecule has 16 atom stereocenters. The maximum Gasteiger partial charge on any atom is 0.329 e. The van der Waals surface area contributed by atoms with Crippen molar-refractivity contribution in [2.24, 2.45) is 35.5 Å². The molecule has 3 fully saturated rings. The second-order valence-corrected chi connectivity index (χ2v) is 21.8. The van der Waals surface area contributed by atoms with Crippen molar-refractivity contribution >= 4 is 30.8 Å². The van der Waals surface area contributed by atoms with Gasteiger partial charge in [0.1, 0.15) is 30.1 Å². The number of aliphatic hydroxyl groups excluding tert-OH is 1. The van der Waals surface area contributed by atoms with Crippen LogP contribution in [-0.2, 0) is 52.0 Å². The van der Waals surface area contributed by atoms with E-state index in [1.165, 1.54) is 28.1 Å². The standard InChI is InChI=1S/C54H86NO13P/c1-33-19-15-14-16-20-34(2)46(63-9)31-42-24-22-39(7)54(61,67-42)51(58)52(59)55-26-18-17-21-43(55)53(60)66-47(37(5)29-41-23-25-45(48(30-41)64-10)68-69(12,13)62)32-44(56)36(4)28-38(6)49(57)50(65-11)40(8)35(3)27-33/h14-16,19-20,28,33,35-37,39,41-43,45-50,57,61H,8,17-18,21-27,29-32H2,1-7,9-13H3/b16-14+,19-15+,34-20+,38-28+/t33-,35-,36-,37-,39-,41+,42+,43+,45-,46+,47+,48-,49-,50+,54-/m1/s1/i4D3,9D3,12D3,22D2/t33-,35-,36-,37-,39-,41+,42+,43+,45-,46+,47+,48-,49-,50+,54-,69?. The molecule has 69 heavy (non-hydrogen) atoms. The lowest BCUT2D eigenvalue weighted by atomic mass is 9.78. The van der Waals surface area contributed by atoms with Gasteiger partial charge in [0.25, 0.3) is 11.7 Å². The third-order valence-corrected chi connectivity index (χ3v) is 15.0. The number of hydrogen-bond donors (Lipinski definition) is 2. The highest BCUT2D eigenvalue weighted by Crippen LogP contribution is 2.45. The van der Waals surface area contributed by atoms with Crippen molar-refractivity contribution < 1.29 is 77.2 Å². The minimum Gasteiger partial charge on any atom is -0.460 e. The number of cyclic esters (lactones) is 1. The molecule has 390 valence electrons. The first-order chi connectivity index (χ1) is 36.8. The number of piperidine rings is 1. The number of carbonyl (C=O) groups is 4. The van der Waals surface area contributed by atoms with Gasteiger partial charge in [-0.3, -0.25) is 18.9 Å². The molecule has 0 spiro atoms. The monoisotopic (exact) mass is 999 g/mol. The van der Waals surface area contributed by atoms with Crippen molar-refractivity contribution in [2.45, 2.75) is 180 Å². The Bertz CT molecular complexity index is 2360. The molecule has 0 aromatic carbocycles. The predicted octanol–water partition coefficient (Wildman–Crippen LogP) is 8.73. The molecule has 1 saturated carbocycles. The second-order valence-electron chi connectivity index (χ2n) is 19.9. The first kappa shape index (κ1) is 43.5. The van der Waals surface area contributed by atoms with E-state index in [-0.39, 0.29) is 62.0 Å². The SMILES string of the molecule is [2H]C([2H])([2H])O[C@H]1C[C@@H]2CC([2H])([2H])[C@@H](C)[C@@](O)(O2)C(=O)C(=O)N2CCCC[C@H]2C(=O)O[C@H]([C@H](C)C[C@@H]2CC[C@@H](OP(C)(=O)C([2H])([2H])[2H])[C@H](OC)C2)CC(=O)[C@H](C([2H])([2H])[2H])/C=C(\C)[C@@H](O)[C@@H](OC)C(=C)[C@H](C)C[C@H](C)/C=C/C=C/C=C/1C. The van der Waals surface area contributed by atoms with E-state index in [1.54, 1.807) is 38.2 Å². The van der Waals surface area contributed by atoms with Crippen LogP contribution >= 0.6 is 7.37 Å². The van der Waals surface area contributed by atoms with Crippen molar-refractivity contribution in [3.63, 3.8) is 0 Å². The Morgan fingerprint density at radius 3 is 2.42 bits per heavy atom. The number of Topliss-reactive ketones (excluding diaryl/α,β-unsaturated/α-hetero) is 2. The van der Waals surface area contributed by atoms with Gasteiger partial charge in [0.15, 0.2) is 7.37 Å². The molecular formula is C54H86NO13P. The van der Waals surface area contributed by atoms with E-state index in [2.05, 4.69) is 6.58 Å². The molecule has 2 bridgehead atoms. The van der Waals surface area contributed by atoms with Crippen LogP contribution in [0.1, 0.15) is 140 Å². The number of allylic oxidation sites excluding steroid dienone is 6. The van der Waals surface area contributed by atoms with E-state index in [0.717, 1.165) is 17.6 Å². The molecule has 2 saturated heterocycles. The van der Waals surface area contributed by atoms with E-state index in [4.69, 9.17) is 43.3 Å². The Morgan fingerprint density at radius 1 is 0.986 bits per heavy atom. The summed E-state index contributed by atoms with van der Waals surface area (Å²) in [7, 11) is -4.26. The van der Waals surface area contributed by atoms with Crippen molar-refractivity contribution in [2.75, 3.05) is 41.1 Å². The third kappa shape index (κ3) is 16.2. The highest BCUT2D eigenvalue weighted by molar-refractivity contribution is 7.57. The zero-order valence-corrected chi connectivity index (χ0v) is 42.9. The number of hydrogen-bond acceptors (Lipinski definition) is 13. The zero-order chi connectivity index (χ0) is 60.7. The van der Waals surface area contributed by atoms with Crippen LogP contribution in [0.25, 0.3) is 0 Å². The molecule has 2 N–H and O–H groups in total. The van der Waals surface area contributed by atoms with E-state index in [9.17, 15) is 34.0 Å². The molecule has 1 aliphatic carbocycles. The number of fused-ring (bicyclic) bond motifs is 3. The molecule has 3 aliphatic heterocycles. The van der Waals surface area contributed by atoms with Crippen LogP contribution in [0.2, 0.25) is 0 Å². The van der Waals surface area contributed by atoms with Gasteiger partial charge in [-0.25, -0.2) is 4.79 Å². The van der Waals surface area contributed by atoms with Crippen LogP contribution in [0.15, 0.2) is 59.8 Å². The van der Waals surface area contributed by atoms with Crippen LogP contribution in [0.5, 0.6) is 0 Å². The maximum atomic E-state index is 14.7. The van der Waals surface area contributed by atoms with Gasteiger partial charge >= 0.3 is 5.97 Å². The lowest BCUT2D eigenvalue weighted by Gasteiger charge is -2.42. The van der Waals surface area contributed by atoms with Crippen LogP contribution in [0, 0.1) is 35.5 Å². The highest BCUT2D eigenvalue weighted by atomic mass is 31.2. The molecule has 1 unspecified atom stereocenters. The number of aliphatic hydroxyl groups is 2. The first-order valence-corrected chi connectivity index (χ1v) is 26.4. The number of methoxy groups -OCH3 is 3. The summed E-state index contributed by atoms with van der Waals surface area (Å²) in [5.74, 6) is -12.8. The van der Waals surface area contributed by atoms with Crippen LogP contribution in [-0.4, -0.2) is 134 Å². The summed E-state index contributed by atoms with van der Waals surface area (Å²) in [4.78, 5) is 59.3. The Balaban J connectivity index is 1.83. The Labute approximate surface area is 428 Å². The van der Waals surface area contributed by atoms with E-state index < -0.39 is 143 Å². The van der Waals surface area contributed by atoms with Crippen molar-refractivity contribution in [1.29, 1.82) is 0 Å². The molecular weight excluding hydrogens is 902 g/mol. The third-order valence-electron chi connectivity index (χ3n) is 14.3. The van der Waals surface area contributed by atoms with Crippen LogP contribution < -0.4 is 0 Å². The second kappa shape index (κ2) is 26.6. The quantitative estimate of drug-likeness (QED) is 0.102. The number of rotatable bonds is 8. The predicted molar refractivity (Wildman–Crippen MR) is 268 cm³/mol. The molecule has 3 heterocycles. The summed E-state index contributed by atoms with van der Waals surface area (Å²) >= 11 is 0. The van der Waals surface area contributed by atoms with E-state index in [1.807, 2.05) is 19.9 Å². The van der Waals surface area contributed by atoms with Gasteiger partial charge in [0, 0.05) is 76.7 Å². The fraction of sp³-hybridized carbons (Fsp3) is 0.741. The summed E-state index contributed by atoms with van der Waals surface area (Å²) in [6, 6.07) is -1.49. The van der Waals surface area contributed by atoms with Crippen molar-refractivity contribution in [3.05, 3.63) is 59.8 Å². The lowest BCUT2D eigenvalue weighted by molar-refractivity contribution is -0.265. The van der Waals surface area contributed by atoms with Crippen LogP contribution in [0.4, 0.5) is 0 Å². The minimum atomic E-state index is -4.09. The van der Waals surface area contributed by atoms with Gasteiger partial charge in [-0.2, -0.15) is 0 Å². The van der Waals surface area contributed by atoms with Gasteiger partial charge in [-0.1, -0.05) is 77.6 Å². The largest absolute Gasteiger partial charge is 0.460 e. The zero-order valence-electron chi connectivity index (χ0n) is 53.0. The van der Waals surface area contributed by atoms with Crippen LogP contribution in [0.3, 0.4) is 0 Å². The first-order valence-electron chi connectivity index (χ1n) is 29.8. The van der Waals surface area contributed by atoms with Crippen molar-refractivity contribution in [3.8, 4) is 0 Å². The summed E-state index contributed by atoms with van der Waals surface area (Å²) < 4.78 is 138. The Kier molecular flexibility index (Phi) is 16.8. The highest BCUT2D eigenvalue weighted by Gasteiger charge is 2.53. The number of nitrogens with zero attached hydrogens (tertiary/aromatic N) is 1. The van der Waals surface area contributed by atoms with E-state index in [0.29, 0.717) is 36.8 Å². The summed E-state index contributed by atoms with van der Waals surface area (Å²) in [5.41, 5.74) is 0.972. The fourth-order valence-electron chi connectivity index (χ4n) is 9.99. The lowest BCUT2D eigenvalue weighted by Crippen LogP contribution is -2.61. The van der Waals surface area contributed by atoms with Gasteiger partial charge in [0.2, 0.25) is 5.79 Å². The normalized spacial score (nSPS) is 43.3. The maximum absolute atomic E-state index is 14.7. The molecule has 4 aliphatic rings. The molecule has 0 aromatic heterocycles. The number of esters is 1. The van der Waals surface area contributed by atoms with Crippen molar-refractivity contribution in [1.82, 2.24) is 4.90 Å². The summed E-state index contributed by atoms with van der Waals surface area (Å²) in [6.07, 6.45) is 0.225. The molecule has 4 rings (SSSR count). The molecule has 0 radical (unpaired) electrons. The average molecular weight is 999 g/mol. The molecule has 15 heteroatoms.